The predicted octanol–water partition coefficient (Wildman–Crippen LogP) is 5.42. The van der Waals surface area contributed by atoms with Crippen molar-refractivity contribution in [3.05, 3.63) is 54.1 Å². The number of aromatic hydroxyl groups is 1. The Hall–Kier alpha value is -2.97. The molecule has 31 heavy (non-hydrogen) atoms. The number of nitrogens with zero attached hydrogens (tertiary/aromatic N) is 3. The number of azo groups is 1. The van der Waals surface area contributed by atoms with E-state index >= 15 is 0 Å². The Morgan fingerprint density at radius 2 is 1.68 bits per heavy atom. The number of fused-ring (bicyclic) bond motifs is 1. The van der Waals surface area contributed by atoms with E-state index < -0.39 is 10.0 Å². The number of phenols is 1. The van der Waals surface area contributed by atoms with E-state index in [0.717, 1.165) is 36.6 Å². The summed E-state index contributed by atoms with van der Waals surface area (Å²) < 4.78 is 28.1. The van der Waals surface area contributed by atoms with Crippen molar-refractivity contribution in [2.24, 2.45) is 10.2 Å². The molecule has 162 valence electrons. The zero-order valence-corrected chi connectivity index (χ0v) is 18.3. The van der Waals surface area contributed by atoms with Crippen LogP contribution >= 0.6 is 0 Å². The lowest BCUT2D eigenvalue weighted by Crippen LogP contribution is -2.31. The summed E-state index contributed by atoms with van der Waals surface area (Å²) in [4.78, 5) is 0.125. The van der Waals surface area contributed by atoms with Gasteiger partial charge in [-0.15, -0.1) is 10.2 Å². The molecular weight excluding hydrogens is 412 g/mol. The third-order valence-electron chi connectivity index (χ3n) is 5.55. The van der Waals surface area contributed by atoms with Crippen molar-refractivity contribution in [2.75, 3.05) is 18.8 Å². The average molecular weight is 439 g/mol. The van der Waals surface area contributed by atoms with E-state index in [-0.39, 0.29) is 16.3 Å². The Labute approximate surface area is 182 Å². The topological polar surface area (TPSA) is 108 Å². The maximum atomic E-state index is 13.3. The summed E-state index contributed by atoms with van der Waals surface area (Å²) in [6.45, 7) is 2.91. The molecule has 1 aliphatic heterocycles. The van der Waals surface area contributed by atoms with Crippen LogP contribution in [0.25, 0.3) is 10.8 Å². The fraction of sp³-hybridized carbons (Fsp3) is 0.304. The standard InChI is InChI=1S/C23H26N4O3S/c1-16-14-17-10-11-18(24)23(22(17)20(28)15-16)26-25-19-8-4-5-9-21(19)31(29,30)27-12-6-2-3-7-13-27/h4-5,8-11,14-15,28H,2-3,6-7,12-13,24H2,1H3/b26-25+. The summed E-state index contributed by atoms with van der Waals surface area (Å²) in [5.41, 5.74) is 7.95. The van der Waals surface area contributed by atoms with Crippen LogP contribution in [0, 0.1) is 6.92 Å². The molecule has 0 atom stereocenters. The van der Waals surface area contributed by atoms with Crippen molar-refractivity contribution in [1.82, 2.24) is 4.31 Å². The molecule has 4 rings (SSSR count). The lowest BCUT2D eigenvalue weighted by atomic mass is 10.0. The summed E-state index contributed by atoms with van der Waals surface area (Å²) in [6, 6.07) is 13.7. The summed E-state index contributed by atoms with van der Waals surface area (Å²) in [6.07, 6.45) is 3.79. The summed E-state index contributed by atoms with van der Waals surface area (Å²) in [7, 11) is -3.69. The van der Waals surface area contributed by atoms with Crippen LogP contribution in [0.4, 0.5) is 17.1 Å². The minimum atomic E-state index is -3.69. The number of benzene rings is 3. The second-order valence-electron chi connectivity index (χ2n) is 7.87. The zero-order chi connectivity index (χ0) is 22.0. The monoisotopic (exact) mass is 438 g/mol. The summed E-state index contributed by atoms with van der Waals surface area (Å²) >= 11 is 0. The highest BCUT2D eigenvalue weighted by Gasteiger charge is 2.27. The van der Waals surface area contributed by atoms with Crippen molar-refractivity contribution in [3.8, 4) is 5.75 Å². The van der Waals surface area contributed by atoms with Gasteiger partial charge in [-0.2, -0.15) is 4.31 Å². The largest absolute Gasteiger partial charge is 0.507 e. The van der Waals surface area contributed by atoms with Crippen LogP contribution in [0.15, 0.2) is 63.7 Å². The van der Waals surface area contributed by atoms with Gasteiger partial charge in [0.2, 0.25) is 10.0 Å². The van der Waals surface area contributed by atoms with Crippen LogP contribution in [-0.2, 0) is 10.0 Å². The van der Waals surface area contributed by atoms with Gasteiger partial charge in [0, 0.05) is 13.1 Å². The van der Waals surface area contributed by atoms with E-state index in [1.54, 1.807) is 36.4 Å². The number of hydrogen-bond acceptors (Lipinski definition) is 6. The quantitative estimate of drug-likeness (QED) is 0.419. The molecule has 7 nitrogen and oxygen atoms in total. The highest BCUT2D eigenvalue weighted by Crippen LogP contribution is 2.40. The molecule has 8 heteroatoms. The molecule has 0 radical (unpaired) electrons. The van der Waals surface area contributed by atoms with Crippen LogP contribution in [0.1, 0.15) is 31.2 Å². The smallest absolute Gasteiger partial charge is 0.245 e. The van der Waals surface area contributed by atoms with Crippen LogP contribution in [0.5, 0.6) is 5.75 Å². The van der Waals surface area contributed by atoms with Crippen LogP contribution in [-0.4, -0.2) is 30.9 Å². The molecule has 3 aromatic rings. The van der Waals surface area contributed by atoms with Gasteiger partial charge in [-0.25, -0.2) is 8.42 Å². The number of aryl methyl sites for hydroxylation is 1. The van der Waals surface area contributed by atoms with E-state index in [1.807, 2.05) is 19.1 Å². The first-order valence-electron chi connectivity index (χ1n) is 10.4. The zero-order valence-electron chi connectivity index (χ0n) is 17.5. The Morgan fingerprint density at radius 3 is 2.42 bits per heavy atom. The van der Waals surface area contributed by atoms with E-state index in [1.165, 1.54) is 4.31 Å². The van der Waals surface area contributed by atoms with E-state index in [0.29, 0.717) is 29.9 Å². The number of nitrogen functional groups attached to an aromatic ring is 1. The summed E-state index contributed by atoms with van der Waals surface area (Å²) in [5, 5.41) is 20.3. The van der Waals surface area contributed by atoms with Gasteiger partial charge in [-0.05, 0) is 55.0 Å². The summed E-state index contributed by atoms with van der Waals surface area (Å²) in [5.74, 6) is 0.0572. The van der Waals surface area contributed by atoms with Gasteiger partial charge in [0.15, 0.2) is 0 Å². The molecule has 1 fully saturated rings. The molecule has 0 bridgehead atoms. The Balaban J connectivity index is 1.78. The normalized spacial score (nSPS) is 16.0. The van der Waals surface area contributed by atoms with Gasteiger partial charge >= 0.3 is 0 Å². The second kappa shape index (κ2) is 8.64. The SMILES string of the molecule is Cc1cc(O)c2c(/N=N/c3ccccc3S(=O)(=O)N3CCCCCC3)c(N)ccc2c1. The predicted molar refractivity (Wildman–Crippen MR) is 123 cm³/mol. The van der Waals surface area contributed by atoms with Crippen LogP contribution in [0.3, 0.4) is 0 Å². The van der Waals surface area contributed by atoms with Crippen molar-refractivity contribution >= 4 is 37.9 Å². The molecule has 0 aliphatic carbocycles. The molecule has 0 amide bonds. The molecule has 1 saturated heterocycles. The second-order valence-corrected chi connectivity index (χ2v) is 9.78. The van der Waals surface area contributed by atoms with Gasteiger partial charge in [0.25, 0.3) is 0 Å². The first-order valence-corrected chi connectivity index (χ1v) is 11.8. The molecule has 0 unspecified atom stereocenters. The van der Waals surface area contributed by atoms with Gasteiger partial charge < -0.3 is 10.8 Å². The molecule has 0 aromatic heterocycles. The van der Waals surface area contributed by atoms with Crippen molar-refractivity contribution in [2.45, 2.75) is 37.5 Å². The number of nitrogens with two attached hydrogens (primary N) is 1. The molecular formula is C23H26N4O3S. The van der Waals surface area contributed by atoms with Gasteiger partial charge in [0.1, 0.15) is 22.0 Å². The molecule has 1 heterocycles. The first kappa shape index (κ1) is 21.3. The van der Waals surface area contributed by atoms with Crippen LogP contribution < -0.4 is 5.73 Å². The third kappa shape index (κ3) is 4.26. The highest BCUT2D eigenvalue weighted by atomic mass is 32.2. The number of sulfonamides is 1. The number of hydrogen-bond donors (Lipinski definition) is 2. The van der Waals surface area contributed by atoms with Gasteiger partial charge in [-0.1, -0.05) is 37.1 Å². The third-order valence-corrected chi connectivity index (χ3v) is 7.50. The van der Waals surface area contributed by atoms with Crippen molar-refractivity contribution in [1.29, 1.82) is 0 Å². The molecule has 3 aromatic carbocycles. The molecule has 3 N–H and O–H groups in total. The number of rotatable bonds is 4. The van der Waals surface area contributed by atoms with Gasteiger partial charge in [-0.3, -0.25) is 0 Å². The van der Waals surface area contributed by atoms with Crippen molar-refractivity contribution < 1.29 is 13.5 Å². The van der Waals surface area contributed by atoms with E-state index in [9.17, 15) is 13.5 Å². The Kier molecular flexibility index (Phi) is 5.93. The van der Waals surface area contributed by atoms with E-state index in [4.69, 9.17) is 5.73 Å². The van der Waals surface area contributed by atoms with Crippen LogP contribution in [0.2, 0.25) is 0 Å². The fourth-order valence-corrected chi connectivity index (χ4v) is 5.62. The van der Waals surface area contributed by atoms with Crippen molar-refractivity contribution in [3.63, 3.8) is 0 Å². The highest BCUT2D eigenvalue weighted by molar-refractivity contribution is 7.89. The maximum Gasteiger partial charge on any atom is 0.245 e. The average Bonchev–Trinajstić information content (AvgIpc) is 3.03. The lowest BCUT2D eigenvalue weighted by molar-refractivity contribution is 0.424. The van der Waals surface area contributed by atoms with E-state index in [2.05, 4.69) is 10.2 Å². The van der Waals surface area contributed by atoms with Gasteiger partial charge in [0.05, 0.1) is 11.1 Å². The Bertz CT molecular complexity index is 1250. The molecule has 1 aliphatic rings. The minimum Gasteiger partial charge on any atom is -0.507 e. The minimum absolute atomic E-state index is 0.0572. The number of phenolic OH excluding ortho intramolecular Hbond substituents is 1. The lowest BCUT2D eigenvalue weighted by Gasteiger charge is -2.20. The Morgan fingerprint density at radius 1 is 0.968 bits per heavy atom. The maximum absolute atomic E-state index is 13.3. The molecule has 0 saturated carbocycles. The fourth-order valence-electron chi connectivity index (χ4n) is 3.98. The first-order chi connectivity index (χ1) is 14.9. The molecule has 0 spiro atoms. The number of anilines is 1.